The van der Waals surface area contributed by atoms with Crippen LogP contribution in [0.5, 0.6) is 0 Å². The fraction of sp³-hybridized carbons (Fsp3) is 0.538. The fourth-order valence-electron chi connectivity index (χ4n) is 2.36. The first kappa shape index (κ1) is 13.3. The van der Waals surface area contributed by atoms with Crippen molar-refractivity contribution >= 4 is 17.5 Å². The Balaban J connectivity index is 2.19. The molecule has 1 aliphatic rings. The molecule has 18 heavy (non-hydrogen) atoms. The van der Waals surface area contributed by atoms with Crippen molar-refractivity contribution in [3.8, 4) is 0 Å². The lowest BCUT2D eigenvalue weighted by atomic mass is 9.93. The third-order valence-corrected chi connectivity index (χ3v) is 3.88. The molecule has 98 valence electrons. The Bertz CT molecular complexity index is 438. The summed E-state index contributed by atoms with van der Waals surface area (Å²) in [6.45, 7) is 3.41. The maximum absolute atomic E-state index is 12.5. The number of amides is 1. The van der Waals surface area contributed by atoms with Crippen LogP contribution in [0.1, 0.15) is 30.1 Å². The van der Waals surface area contributed by atoms with Gasteiger partial charge in [-0.1, -0.05) is 11.6 Å². The lowest BCUT2D eigenvalue weighted by Gasteiger charge is -2.37. The van der Waals surface area contributed by atoms with Crippen LogP contribution in [-0.2, 0) is 0 Å². The Labute approximate surface area is 112 Å². The van der Waals surface area contributed by atoms with E-state index in [1.807, 2.05) is 4.90 Å². The van der Waals surface area contributed by atoms with Crippen molar-refractivity contribution in [1.29, 1.82) is 0 Å². The van der Waals surface area contributed by atoms with Gasteiger partial charge in [0.25, 0.3) is 5.91 Å². The number of carbonyl (C=O) groups excluding carboxylic acids is 1. The van der Waals surface area contributed by atoms with Gasteiger partial charge in [0.2, 0.25) is 0 Å². The number of hydrogen-bond acceptors (Lipinski definition) is 3. The molecular formula is C13H18ClN3O. The molecule has 2 N–H and O–H groups in total. The van der Waals surface area contributed by atoms with Gasteiger partial charge in [0.05, 0.1) is 10.6 Å². The predicted molar refractivity (Wildman–Crippen MR) is 71.5 cm³/mol. The Hall–Kier alpha value is -1.13. The quantitative estimate of drug-likeness (QED) is 0.891. The van der Waals surface area contributed by atoms with Crippen molar-refractivity contribution in [1.82, 2.24) is 9.88 Å². The van der Waals surface area contributed by atoms with Gasteiger partial charge < -0.3 is 10.6 Å². The molecule has 0 radical (unpaired) electrons. The molecule has 2 atom stereocenters. The van der Waals surface area contributed by atoms with Crippen LogP contribution in [0.2, 0.25) is 5.02 Å². The van der Waals surface area contributed by atoms with Crippen molar-refractivity contribution in [2.75, 3.05) is 13.1 Å². The number of piperidine rings is 1. The summed E-state index contributed by atoms with van der Waals surface area (Å²) in [7, 11) is 0. The van der Waals surface area contributed by atoms with Gasteiger partial charge in [0.15, 0.2) is 0 Å². The van der Waals surface area contributed by atoms with Crippen LogP contribution < -0.4 is 5.73 Å². The first-order chi connectivity index (χ1) is 8.63. The zero-order valence-corrected chi connectivity index (χ0v) is 11.2. The van der Waals surface area contributed by atoms with Crippen LogP contribution in [0.3, 0.4) is 0 Å². The maximum atomic E-state index is 12.5. The van der Waals surface area contributed by atoms with E-state index >= 15 is 0 Å². The van der Waals surface area contributed by atoms with Gasteiger partial charge in [0, 0.05) is 25.0 Å². The van der Waals surface area contributed by atoms with Crippen molar-refractivity contribution in [2.24, 2.45) is 11.7 Å². The molecule has 0 saturated carbocycles. The summed E-state index contributed by atoms with van der Waals surface area (Å²) in [6, 6.07) is 1.91. The molecule has 0 aromatic carbocycles. The molecule has 1 aromatic rings. The van der Waals surface area contributed by atoms with Crippen LogP contribution in [0.25, 0.3) is 0 Å². The summed E-state index contributed by atoms with van der Waals surface area (Å²) in [4.78, 5) is 18.2. The zero-order chi connectivity index (χ0) is 13.1. The molecule has 0 aliphatic carbocycles. The number of rotatable bonds is 2. The number of nitrogens with two attached hydrogens (primary N) is 1. The molecular weight excluding hydrogens is 250 g/mol. The molecule has 2 rings (SSSR count). The smallest absolute Gasteiger partial charge is 0.255 e. The lowest BCUT2D eigenvalue weighted by molar-refractivity contribution is 0.0567. The SMILES string of the molecule is CC1CCC(CN)CN1C(=O)c1ccncc1Cl. The third-order valence-electron chi connectivity index (χ3n) is 3.58. The van der Waals surface area contributed by atoms with Crippen molar-refractivity contribution in [2.45, 2.75) is 25.8 Å². The second kappa shape index (κ2) is 5.67. The summed E-state index contributed by atoms with van der Waals surface area (Å²) in [6.07, 6.45) is 5.18. The molecule has 0 spiro atoms. The van der Waals surface area contributed by atoms with Crippen molar-refractivity contribution in [3.05, 3.63) is 29.0 Å². The largest absolute Gasteiger partial charge is 0.336 e. The van der Waals surface area contributed by atoms with Crippen molar-refractivity contribution < 1.29 is 4.79 Å². The van der Waals surface area contributed by atoms with Crippen molar-refractivity contribution in [3.63, 3.8) is 0 Å². The number of nitrogens with zero attached hydrogens (tertiary/aromatic N) is 2. The normalized spacial score (nSPS) is 24.1. The molecule has 2 unspecified atom stereocenters. The number of likely N-dealkylation sites (tertiary alicyclic amines) is 1. The van der Waals surface area contributed by atoms with Gasteiger partial charge in [-0.25, -0.2) is 0 Å². The van der Waals surface area contributed by atoms with Crippen LogP contribution in [0, 0.1) is 5.92 Å². The lowest BCUT2D eigenvalue weighted by Crippen LogP contribution is -2.47. The van der Waals surface area contributed by atoms with E-state index in [1.54, 1.807) is 12.3 Å². The summed E-state index contributed by atoms with van der Waals surface area (Å²) in [5.41, 5.74) is 6.23. The van der Waals surface area contributed by atoms with Gasteiger partial charge in [-0.3, -0.25) is 9.78 Å². The standard InChI is InChI=1S/C13H18ClN3O/c1-9-2-3-10(6-15)8-17(9)13(18)11-4-5-16-7-12(11)14/h4-5,7,9-10H,2-3,6,8,15H2,1H3. The molecule has 5 heteroatoms. The Morgan fingerprint density at radius 1 is 1.61 bits per heavy atom. The minimum Gasteiger partial charge on any atom is -0.336 e. The highest BCUT2D eigenvalue weighted by Crippen LogP contribution is 2.25. The monoisotopic (exact) mass is 267 g/mol. The molecule has 4 nitrogen and oxygen atoms in total. The number of pyridine rings is 1. The molecule has 1 aromatic heterocycles. The molecule has 1 aliphatic heterocycles. The topological polar surface area (TPSA) is 59.2 Å². The van der Waals surface area contributed by atoms with Gasteiger partial charge in [-0.05, 0) is 38.3 Å². The van der Waals surface area contributed by atoms with Crippen LogP contribution in [0.15, 0.2) is 18.5 Å². The zero-order valence-electron chi connectivity index (χ0n) is 10.5. The highest BCUT2D eigenvalue weighted by Gasteiger charge is 2.29. The van der Waals surface area contributed by atoms with Crippen LogP contribution in [0.4, 0.5) is 0 Å². The average Bonchev–Trinajstić information content (AvgIpc) is 2.39. The first-order valence-corrected chi connectivity index (χ1v) is 6.61. The Kier molecular flexibility index (Phi) is 4.19. The van der Waals surface area contributed by atoms with Gasteiger partial charge in [-0.15, -0.1) is 0 Å². The van der Waals surface area contributed by atoms with Gasteiger partial charge >= 0.3 is 0 Å². The number of aromatic nitrogens is 1. The van der Waals surface area contributed by atoms with E-state index in [9.17, 15) is 4.79 Å². The Morgan fingerprint density at radius 2 is 2.39 bits per heavy atom. The van der Waals surface area contributed by atoms with E-state index in [0.717, 1.165) is 19.4 Å². The van der Waals surface area contributed by atoms with E-state index in [0.29, 0.717) is 23.0 Å². The number of halogens is 1. The van der Waals surface area contributed by atoms with E-state index in [2.05, 4.69) is 11.9 Å². The summed E-state index contributed by atoms with van der Waals surface area (Å²) < 4.78 is 0. The molecule has 0 bridgehead atoms. The molecule has 1 amide bonds. The minimum absolute atomic E-state index is 0.0203. The average molecular weight is 268 g/mol. The maximum Gasteiger partial charge on any atom is 0.255 e. The fourth-order valence-corrected chi connectivity index (χ4v) is 2.56. The third kappa shape index (κ3) is 2.65. The van der Waals surface area contributed by atoms with E-state index < -0.39 is 0 Å². The van der Waals surface area contributed by atoms with Crippen LogP contribution >= 0.6 is 11.6 Å². The van der Waals surface area contributed by atoms with Gasteiger partial charge in [0.1, 0.15) is 0 Å². The van der Waals surface area contributed by atoms with Gasteiger partial charge in [-0.2, -0.15) is 0 Å². The minimum atomic E-state index is -0.0203. The van der Waals surface area contributed by atoms with E-state index in [4.69, 9.17) is 17.3 Å². The molecule has 2 heterocycles. The first-order valence-electron chi connectivity index (χ1n) is 6.24. The number of carbonyl (C=O) groups is 1. The van der Waals surface area contributed by atoms with E-state index in [-0.39, 0.29) is 11.9 Å². The number of hydrogen-bond donors (Lipinski definition) is 1. The molecule has 1 fully saturated rings. The second-order valence-electron chi connectivity index (χ2n) is 4.84. The summed E-state index contributed by atoms with van der Waals surface area (Å²) in [5.74, 6) is 0.374. The Morgan fingerprint density at radius 3 is 3.06 bits per heavy atom. The second-order valence-corrected chi connectivity index (χ2v) is 5.25. The van der Waals surface area contributed by atoms with E-state index in [1.165, 1.54) is 6.20 Å². The molecule has 1 saturated heterocycles. The highest BCUT2D eigenvalue weighted by atomic mass is 35.5. The highest BCUT2D eigenvalue weighted by molar-refractivity contribution is 6.33. The summed E-state index contributed by atoms with van der Waals surface area (Å²) >= 11 is 6.02. The van der Waals surface area contributed by atoms with Crippen LogP contribution in [-0.4, -0.2) is 34.9 Å². The summed E-state index contributed by atoms with van der Waals surface area (Å²) in [5, 5.41) is 0.407. The predicted octanol–water partition coefficient (Wildman–Crippen LogP) is 1.93.